The van der Waals surface area contributed by atoms with Crippen molar-refractivity contribution in [2.75, 3.05) is 26.1 Å². The van der Waals surface area contributed by atoms with Gasteiger partial charge in [-0.15, -0.1) is 0 Å². The number of rotatable bonds is 7. The molecule has 0 saturated carbocycles. The summed E-state index contributed by atoms with van der Waals surface area (Å²) in [7, 11) is 3.08. The minimum absolute atomic E-state index is 0.265. The van der Waals surface area contributed by atoms with E-state index in [0.717, 1.165) is 5.69 Å². The molecule has 1 N–H and O–H groups in total. The number of anilines is 1. The summed E-state index contributed by atoms with van der Waals surface area (Å²) >= 11 is 0. The molecule has 0 aliphatic carbocycles. The third kappa shape index (κ3) is 3.83. The average molecular weight is 394 g/mol. The average Bonchev–Trinajstić information content (AvgIpc) is 2.96. The first-order valence-electron chi connectivity index (χ1n) is 9.61. The second-order valence-electron chi connectivity index (χ2n) is 7.08. The van der Waals surface area contributed by atoms with Crippen LogP contribution in [0.2, 0.25) is 0 Å². The molecular formula is C23H26N2O4. The van der Waals surface area contributed by atoms with E-state index >= 15 is 0 Å². The van der Waals surface area contributed by atoms with Crippen molar-refractivity contribution in [3.63, 3.8) is 0 Å². The second kappa shape index (κ2) is 8.39. The van der Waals surface area contributed by atoms with Gasteiger partial charge in [0.2, 0.25) is 0 Å². The van der Waals surface area contributed by atoms with Crippen molar-refractivity contribution < 1.29 is 19.1 Å². The van der Waals surface area contributed by atoms with Gasteiger partial charge >= 0.3 is 0 Å². The molecule has 1 aliphatic rings. The van der Waals surface area contributed by atoms with Gasteiger partial charge in [0.25, 0.3) is 11.8 Å². The van der Waals surface area contributed by atoms with E-state index in [9.17, 15) is 9.59 Å². The molecule has 29 heavy (non-hydrogen) atoms. The molecule has 2 amide bonds. The van der Waals surface area contributed by atoms with Crippen molar-refractivity contribution in [1.82, 2.24) is 4.90 Å². The maximum absolute atomic E-state index is 13.0. The van der Waals surface area contributed by atoms with E-state index in [1.54, 1.807) is 32.2 Å². The first-order valence-corrected chi connectivity index (χ1v) is 9.61. The number of ether oxygens (including phenoxy) is 2. The summed E-state index contributed by atoms with van der Waals surface area (Å²) in [5.74, 6) is 0.796. The van der Waals surface area contributed by atoms with Gasteiger partial charge in [-0.25, -0.2) is 0 Å². The number of imide groups is 1. The van der Waals surface area contributed by atoms with E-state index < -0.39 is 0 Å². The Balaban J connectivity index is 2.06. The van der Waals surface area contributed by atoms with E-state index in [-0.39, 0.29) is 17.5 Å². The van der Waals surface area contributed by atoms with E-state index in [0.29, 0.717) is 35.1 Å². The fraction of sp³-hybridized carbons (Fsp3) is 0.304. The molecule has 1 aliphatic heterocycles. The highest BCUT2D eigenvalue weighted by Crippen LogP contribution is 2.35. The number of carbonyl (C=O) groups is 2. The fourth-order valence-corrected chi connectivity index (χ4v) is 3.33. The van der Waals surface area contributed by atoms with Crippen LogP contribution in [0.5, 0.6) is 11.5 Å². The number of likely N-dealkylation sites (N-methyl/N-ethyl adjacent to an activating group) is 1. The molecule has 0 bridgehead atoms. The maximum Gasteiger partial charge on any atom is 0.278 e. The van der Waals surface area contributed by atoms with E-state index in [1.165, 1.54) is 17.6 Å². The SMILES string of the molecule is CCN1C(=O)C(Nc2ccc(C(C)C)cc2)=C(c2ccc(OC)c(OC)c2)C1=O. The molecule has 0 unspecified atom stereocenters. The maximum atomic E-state index is 13.0. The molecule has 0 atom stereocenters. The van der Waals surface area contributed by atoms with Crippen molar-refractivity contribution in [3.05, 3.63) is 59.3 Å². The van der Waals surface area contributed by atoms with Crippen LogP contribution in [0.15, 0.2) is 48.2 Å². The Labute approximate surface area is 171 Å². The number of hydrogen-bond donors (Lipinski definition) is 1. The lowest BCUT2D eigenvalue weighted by Gasteiger charge is -2.12. The van der Waals surface area contributed by atoms with Crippen LogP contribution in [0, 0.1) is 0 Å². The predicted molar refractivity (Wildman–Crippen MR) is 113 cm³/mol. The van der Waals surface area contributed by atoms with Crippen molar-refractivity contribution in [3.8, 4) is 11.5 Å². The molecule has 0 spiro atoms. The highest BCUT2D eigenvalue weighted by Gasteiger charge is 2.38. The molecule has 2 aromatic rings. The molecule has 1 heterocycles. The quantitative estimate of drug-likeness (QED) is 0.718. The molecule has 0 fully saturated rings. The van der Waals surface area contributed by atoms with Crippen LogP contribution in [-0.4, -0.2) is 37.5 Å². The Kier molecular flexibility index (Phi) is 5.92. The zero-order valence-corrected chi connectivity index (χ0v) is 17.4. The number of benzene rings is 2. The van der Waals surface area contributed by atoms with Crippen molar-refractivity contribution in [2.24, 2.45) is 0 Å². The van der Waals surface area contributed by atoms with Crippen molar-refractivity contribution in [2.45, 2.75) is 26.7 Å². The first-order chi connectivity index (χ1) is 13.9. The van der Waals surface area contributed by atoms with Gasteiger partial charge in [0.05, 0.1) is 19.8 Å². The zero-order valence-electron chi connectivity index (χ0n) is 17.4. The normalized spacial score (nSPS) is 14.1. The van der Waals surface area contributed by atoms with Gasteiger partial charge in [-0.2, -0.15) is 0 Å². The molecule has 6 heteroatoms. The van der Waals surface area contributed by atoms with Crippen molar-refractivity contribution in [1.29, 1.82) is 0 Å². The first kappa shape index (κ1) is 20.5. The number of nitrogens with one attached hydrogen (secondary N) is 1. The van der Waals surface area contributed by atoms with Crippen molar-refractivity contribution >= 4 is 23.1 Å². The highest BCUT2D eigenvalue weighted by atomic mass is 16.5. The van der Waals surface area contributed by atoms with Gasteiger partial charge < -0.3 is 14.8 Å². The van der Waals surface area contributed by atoms with Gasteiger partial charge in [-0.05, 0) is 48.2 Å². The van der Waals surface area contributed by atoms with Gasteiger partial charge in [0, 0.05) is 12.2 Å². The Morgan fingerprint density at radius 3 is 2.14 bits per heavy atom. The molecule has 2 aromatic carbocycles. The Bertz CT molecular complexity index is 961. The van der Waals surface area contributed by atoms with E-state index in [4.69, 9.17) is 9.47 Å². The zero-order chi connectivity index (χ0) is 21.1. The lowest BCUT2D eigenvalue weighted by molar-refractivity contribution is -0.136. The number of nitrogens with zero attached hydrogens (tertiary/aromatic N) is 1. The topological polar surface area (TPSA) is 67.9 Å². The van der Waals surface area contributed by atoms with Crippen LogP contribution >= 0.6 is 0 Å². The van der Waals surface area contributed by atoms with Crippen LogP contribution < -0.4 is 14.8 Å². The van der Waals surface area contributed by atoms with E-state index in [1.807, 2.05) is 24.3 Å². The number of methoxy groups -OCH3 is 2. The summed E-state index contributed by atoms with van der Waals surface area (Å²) < 4.78 is 10.6. The van der Waals surface area contributed by atoms with Crippen LogP contribution in [0.4, 0.5) is 5.69 Å². The van der Waals surface area contributed by atoms with Gasteiger partial charge in [-0.3, -0.25) is 14.5 Å². The Hall–Kier alpha value is -3.28. The summed E-state index contributed by atoms with van der Waals surface area (Å²) in [4.78, 5) is 27.1. The van der Waals surface area contributed by atoms with Gasteiger partial charge in [0.1, 0.15) is 5.70 Å². The molecule has 3 rings (SSSR count). The Morgan fingerprint density at radius 2 is 1.59 bits per heavy atom. The molecular weight excluding hydrogens is 368 g/mol. The van der Waals surface area contributed by atoms with Crippen LogP contribution in [-0.2, 0) is 9.59 Å². The smallest absolute Gasteiger partial charge is 0.278 e. The summed E-state index contributed by atoms with van der Waals surface area (Å²) in [6.45, 7) is 6.32. The molecule has 0 radical (unpaired) electrons. The number of hydrogen-bond acceptors (Lipinski definition) is 5. The third-order valence-corrected chi connectivity index (χ3v) is 5.00. The molecule has 6 nitrogen and oxygen atoms in total. The standard InChI is InChI=1S/C23H26N2O4/c1-6-25-22(26)20(16-9-12-18(28-4)19(13-16)29-5)21(23(25)27)24-17-10-7-15(8-11-17)14(2)3/h7-14,24H,6H2,1-5H3. The molecule has 152 valence electrons. The lowest BCUT2D eigenvalue weighted by atomic mass is 10.0. The second-order valence-corrected chi connectivity index (χ2v) is 7.08. The van der Waals surface area contributed by atoms with Crippen LogP contribution in [0.25, 0.3) is 5.57 Å². The van der Waals surface area contributed by atoms with Gasteiger partial charge in [-0.1, -0.05) is 32.0 Å². The molecule has 0 aromatic heterocycles. The van der Waals surface area contributed by atoms with Crippen LogP contribution in [0.3, 0.4) is 0 Å². The lowest BCUT2D eigenvalue weighted by Crippen LogP contribution is -2.32. The summed E-state index contributed by atoms with van der Waals surface area (Å²) in [6.07, 6.45) is 0. The summed E-state index contributed by atoms with van der Waals surface area (Å²) in [6, 6.07) is 13.1. The highest BCUT2D eigenvalue weighted by molar-refractivity contribution is 6.36. The van der Waals surface area contributed by atoms with Gasteiger partial charge in [0.15, 0.2) is 11.5 Å². The monoisotopic (exact) mass is 394 g/mol. The predicted octanol–water partition coefficient (Wildman–Crippen LogP) is 4.04. The third-order valence-electron chi connectivity index (χ3n) is 5.00. The number of carbonyl (C=O) groups excluding carboxylic acids is 2. The Morgan fingerprint density at radius 1 is 0.931 bits per heavy atom. The van der Waals surface area contributed by atoms with Crippen LogP contribution in [0.1, 0.15) is 37.8 Å². The fourth-order valence-electron chi connectivity index (χ4n) is 3.33. The molecule has 0 saturated heterocycles. The summed E-state index contributed by atoms with van der Waals surface area (Å²) in [5.41, 5.74) is 3.14. The minimum atomic E-state index is -0.338. The largest absolute Gasteiger partial charge is 0.493 e. The summed E-state index contributed by atoms with van der Waals surface area (Å²) in [5, 5.41) is 3.16. The minimum Gasteiger partial charge on any atom is -0.493 e. The van der Waals surface area contributed by atoms with E-state index in [2.05, 4.69) is 19.2 Å². The number of amides is 2.